The Hall–Kier alpha value is -2.28. The second-order valence-electron chi connectivity index (χ2n) is 9.79. The van der Waals surface area contributed by atoms with Gasteiger partial charge in [0.15, 0.2) is 6.23 Å². The van der Waals surface area contributed by atoms with Gasteiger partial charge >= 0.3 is 5.69 Å². The topological polar surface area (TPSA) is 137 Å². The van der Waals surface area contributed by atoms with Gasteiger partial charge in [0.25, 0.3) is 0 Å². The minimum absolute atomic E-state index is 0.136. The average molecular weight is 505 g/mol. The molecule has 1 aliphatic heterocycles. The molecular weight excluding hydrogens is 460 g/mol. The predicted molar refractivity (Wildman–Crippen MR) is 138 cm³/mol. The van der Waals surface area contributed by atoms with Crippen LogP contribution in [-0.2, 0) is 9.53 Å². The lowest BCUT2D eigenvalue weighted by atomic mass is 10.0. The first kappa shape index (κ1) is 29.9. The Morgan fingerprint density at radius 1 is 1.06 bits per heavy atom. The molecule has 1 unspecified atom stereocenters. The van der Waals surface area contributed by atoms with E-state index < -0.39 is 36.7 Å². The molecule has 1 amide bonds. The van der Waals surface area contributed by atoms with Gasteiger partial charge in [0.2, 0.25) is 5.91 Å². The largest absolute Gasteiger partial charge is 0.394 e. The zero-order chi connectivity index (χ0) is 26.2. The Bertz CT molecular complexity index is 868. The summed E-state index contributed by atoms with van der Waals surface area (Å²) >= 11 is 0. The summed E-state index contributed by atoms with van der Waals surface area (Å²) in [5.74, 6) is -1.07. The van der Waals surface area contributed by atoms with Crippen LogP contribution in [0.5, 0.6) is 0 Å². The van der Waals surface area contributed by atoms with Crippen molar-refractivity contribution in [1.29, 1.82) is 5.26 Å². The van der Waals surface area contributed by atoms with Crippen LogP contribution < -0.4 is 11.0 Å². The van der Waals surface area contributed by atoms with Crippen molar-refractivity contribution in [2.75, 3.05) is 11.9 Å². The molecule has 202 valence electrons. The summed E-state index contributed by atoms with van der Waals surface area (Å²) < 4.78 is 6.55. The molecule has 0 radical (unpaired) electrons. The lowest BCUT2D eigenvalue weighted by Crippen LogP contribution is -2.32. The first-order valence-corrected chi connectivity index (χ1v) is 13.7. The number of carbonyl (C=O) groups excluding carboxylic acids is 1. The molecule has 1 aliphatic rings. The van der Waals surface area contributed by atoms with E-state index in [-0.39, 0.29) is 11.7 Å². The molecule has 3 N–H and O–H groups in total. The SMILES string of the molecule is CCCCCCCCCCCCCCCCC(=O)Nc1ccn([C@@H]2O[C@H](CO)[C@@H](O)C2C#N)c(=O)n1. The smallest absolute Gasteiger partial charge is 0.351 e. The third-order valence-electron chi connectivity index (χ3n) is 6.83. The average Bonchev–Trinajstić information content (AvgIpc) is 3.19. The van der Waals surface area contributed by atoms with Crippen LogP contribution in [0.3, 0.4) is 0 Å². The van der Waals surface area contributed by atoms with Gasteiger partial charge in [0, 0.05) is 12.6 Å². The molecule has 0 saturated carbocycles. The van der Waals surface area contributed by atoms with Crippen molar-refractivity contribution in [3.63, 3.8) is 0 Å². The van der Waals surface area contributed by atoms with Crippen molar-refractivity contribution >= 4 is 11.7 Å². The fourth-order valence-electron chi connectivity index (χ4n) is 4.64. The van der Waals surface area contributed by atoms with Gasteiger partial charge in [-0.3, -0.25) is 9.36 Å². The van der Waals surface area contributed by atoms with Crippen molar-refractivity contribution in [3.05, 3.63) is 22.7 Å². The van der Waals surface area contributed by atoms with Gasteiger partial charge < -0.3 is 20.3 Å². The van der Waals surface area contributed by atoms with Gasteiger partial charge in [0.05, 0.1) is 12.7 Å². The summed E-state index contributed by atoms with van der Waals surface area (Å²) in [5.41, 5.74) is -0.708. The molecule has 9 nitrogen and oxygen atoms in total. The number of amides is 1. The zero-order valence-corrected chi connectivity index (χ0v) is 21.7. The molecular formula is C27H44N4O5. The van der Waals surface area contributed by atoms with Gasteiger partial charge in [0.1, 0.15) is 23.9 Å². The van der Waals surface area contributed by atoms with Gasteiger partial charge in [-0.05, 0) is 12.5 Å². The van der Waals surface area contributed by atoms with Gasteiger partial charge in [-0.2, -0.15) is 10.2 Å². The zero-order valence-electron chi connectivity index (χ0n) is 21.7. The monoisotopic (exact) mass is 504 g/mol. The Kier molecular flexibility index (Phi) is 14.3. The molecule has 0 aliphatic carbocycles. The van der Waals surface area contributed by atoms with Gasteiger partial charge in [-0.1, -0.05) is 90.4 Å². The molecule has 2 heterocycles. The van der Waals surface area contributed by atoms with Crippen LogP contribution in [0.15, 0.2) is 17.1 Å². The molecule has 0 bridgehead atoms. The van der Waals surface area contributed by atoms with E-state index in [1.54, 1.807) is 0 Å². The minimum Gasteiger partial charge on any atom is -0.394 e. The quantitative estimate of drug-likeness (QED) is 0.251. The lowest BCUT2D eigenvalue weighted by molar-refractivity contribution is -0.116. The highest BCUT2D eigenvalue weighted by Crippen LogP contribution is 2.33. The van der Waals surface area contributed by atoms with Crippen molar-refractivity contribution < 1.29 is 19.7 Å². The van der Waals surface area contributed by atoms with Crippen molar-refractivity contribution in [1.82, 2.24) is 9.55 Å². The Labute approximate surface area is 214 Å². The number of rotatable bonds is 18. The maximum Gasteiger partial charge on any atom is 0.351 e. The maximum atomic E-state index is 12.4. The standard InChI is InChI=1S/C27H44N4O5/c1-2-3-4-5-6-7-8-9-10-11-12-13-14-15-16-24(33)29-23-17-18-31(27(35)30-23)26-21(19-28)25(34)22(20-32)36-26/h17-18,21-22,25-26,32,34H,2-16,20H2,1H3,(H,29,30,33,35)/t21?,22-,25+,26-/m1/s1. The third-order valence-corrected chi connectivity index (χ3v) is 6.83. The van der Waals surface area contributed by atoms with Gasteiger partial charge in [-0.15, -0.1) is 0 Å². The highest BCUT2D eigenvalue weighted by molar-refractivity contribution is 5.89. The van der Waals surface area contributed by atoms with E-state index in [1.165, 1.54) is 82.9 Å². The van der Waals surface area contributed by atoms with Crippen molar-refractivity contribution in [2.24, 2.45) is 5.92 Å². The number of carbonyl (C=O) groups is 1. The van der Waals surface area contributed by atoms with E-state index in [1.807, 2.05) is 6.07 Å². The lowest BCUT2D eigenvalue weighted by Gasteiger charge is -2.16. The van der Waals surface area contributed by atoms with E-state index in [0.29, 0.717) is 6.42 Å². The number of aliphatic hydroxyl groups is 2. The first-order valence-electron chi connectivity index (χ1n) is 13.7. The minimum atomic E-state index is -1.21. The number of aromatic nitrogens is 2. The summed E-state index contributed by atoms with van der Waals surface area (Å²) in [5, 5.41) is 31.3. The van der Waals surface area contributed by atoms with Crippen LogP contribution in [-0.4, -0.2) is 44.5 Å². The van der Waals surface area contributed by atoms with E-state index in [2.05, 4.69) is 17.2 Å². The van der Waals surface area contributed by atoms with Crippen LogP contribution in [0.1, 0.15) is 109 Å². The molecule has 4 atom stereocenters. The van der Waals surface area contributed by atoms with E-state index in [4.69, 9.17) is 4.74 Å². The molecule has 0 aromatic carbocycles. The normalized spacial score (nSPS) is 21.4. The number of hydrogen-bond donors (Lipinski definition) is 3. The first-order chi connectivity index (χ1) is 17.5. The summed E-state index contributed by atoms with van der Waals surface area (Å²) in [6, 6.07) is 3.38. The van der Waals surface area contributed by atoms with Gasteiger partial charge in [-0.25, -0.2) is 4.79 Å². The third kappa shape index (κ3) is 10.00. The number of nitriles is 1. The highest BCUT2D eigenvalue weighted by Gasteiger charge is 2.45. The number of nitrogens with zero attached hydrogens (tertiary/aromatic N) is 3. The number of unbranched alkanes of at least 4 members (excludes halogenated alkanes) is 13. The summed E-state index contributed by atoms with van der Waals surface area (Å²) in [7, 11) is 0. The Balaban J connectivity index is 1.58. The number of anilines is 1. The number of hydrogen-bond acceptors (Lipinski definition) is 7. The summed E-state index contributed by atoms with van der Waals surface area (Å²) in [4.78, 5) is 28.5. The number of aliphatic hydroxyl groups excluding tert-OH is 2. The molecule has 1 saturated heterocycles. The van der Waals surface area contributed by atoms with Crippen molar-refractivity contribution in [3.8, 4) is 6.07 Å². The molecule has 0 spiro atoms. The predicted octanol–water partition coefficient (Wildman–Crippen LogP) is 4.44. The summed E-state index contributed by atoms with van der Waals surface area (Å²) in [6.45, 7) is 1.78. The molecule has 1 aromatic heterocycles. The number of nitrogens with one attached hydrogen (secondary N) is 1. The Morgan fingerprint density at radius 2 is 1.61 bits per heavy atom. The van der Waals surface area contributed by atoms with Crippen LogP contribution in [0, 0.1) is 17.2 Å². The van der Waals surface area contributed by atoms with Crippen molar-refractivity contribution in [2.45, 2.75) is 122 Å². The molecule has 1 aromatic rings. The summed E-state index contributed by atoms with van der Waals surface area (Å²) in [6.07, 6.45) is 16.1. The number of ether oxygens (including phenoxy) is 1. The highest BCUT2D eigenvalue weighted by atomic mass is 16.5. The second kappa shape index (κ2) is 17.2. The molecule has 36 heavy (non-hydrogen) atoms. The molecule has 1 fully saturated rings. The fraction of sp³-hybridized carbons (Fsp3) is 0.778. The second-order valence-corrected chi connectivity index (χ2v) is 9.79. The van der Waals surface area contributed by atoms with Crippen LogP contribution in [0.4, 0.5) is 5.82 Å². The van der Waals surface area contributed by atoms with E-state index in [9.17, 15) is 25.1 Å². The maximum absolute atomic E-state index is 12.4. The molecule has 2 rings (SSSR count). The van der Waals surface area contributed by atoms with E-state index in [0.717, 1.165) is 23.8 Å². The van der Waals surface area contributed by atoms with Crippen LogP contribution >= 0.6 is 0 Å². The van der Waals surface area contributed by atoms with Crippen LogP contribution in [0.25, 0.3) is 0 Å². The van der Waals surface area contributed by atoms with E-state index >= 15 is 0 Å². The molecule has 9 heteroatoms. The van der Waals surface area contributed by atoms with Crippen LogP contribution in [0.2, 0.25) is 0 Å². The Morgan fingerprint density at radius 3 is 2.11 bits per heavy atom. The fourth-order valence-corrected chi connectivity index (χ4v) is 4.64.